The number of thioether (sulfide) groups is 1. The summed E-state index contributed by atoms with van der Waals surface area (Å²) in [6.07, 6.45) is 0.529. The monoisotopic (exact) mass is 480 g/mol. The zero-order valence-electron chi connectivity index (χ0n) is 18.5. The molecule has 0 aromatic heterocycles. The molecule has 0 saturated heterocycles. The molecule has 0 aliphatic heterocycles. The van der Waals surface area contributed by atoms with E-state index in [9.17, 15) is 9.59 Å². The SMILES string of the molecule is CC[C@H](C(=O)NC(C)(C)C)N(Cc1ccccc1)C(=O)CSCc1c(Cl)cccc1Cl. The van der Waals surface area contributed by atoms with E-state index in [0.717, 1.165) is 11.1 Å². The van der Waals surface area contributed by atoms with Gasteiger partial charge in [-0.3, -0.25) is 9.59 Å². The van der Waals surface area contributed by atoms with E-state index in [0.29, 0.717) is 28.8 Å². The first-order valence-corrected chi connectivity index (χ1v) is 12.2. The number of nitrogens with one attached hydrogen (secondary N) is 1. The number of hydrogen-bond donors (Lipinski definition) is 1. The number of benzene rings is 2. The molecular weight excluding hydrogens is 451 g/mol. The minimum Gasteiger partial charge on any atom is -0.350 e. The molecule has 0 aliphatic rings. The van der Waals surface area contributed by atoms with Gasteiger partial charge >= 0.3 is 0 Å². The molecule has 0 aliphatic carbocycles. The molecule has 2 amide bonds. The van der Waals surface area contributed by atoms with E-state index in [2.05, 4.69) is 5.32 Å². The highest BCUT2D eigenvalue weighted by atomic mass is 35.5. The summed E-state index contributed by atoms with van der Waals surface area (Å²) in [5, 5.41) is 4.19. The molecular formula is C24H30Cl2N2O2S. The van der Waals surface area contributed by atoms with Gasteiger partial charge in [-0.15, -0.1) is 11.8 Å². The van der Waals surface area contributed by atoms with Gasteiger partial charge in [0.2, 0.25) is 11.8 Å². The second kappa shape index (κ2) is 11.8. The van der Waals surface area contributed by atoms with E-state index >= 15 is 0 Å². The van der Waals surface area contributed by atoms with Gasteiger partial charge in [0.25, 0.3) is 0 Å². The molecule has 2 aromatic carbocycles. The predicted molar refractivity (Wildman–Crippen MR) is 132 cm³/mol. The standard InChI is InChI=1S/C24H30Cl2N2O2S/c1-5-21(23(30)27-24(2,3)4)28(14-17-10-7-6-8-11-17)22(29)16-31-15-18-19(25)12-9-13-20(18)26/h6-13,21H,5,14-16H2,1-4H3,(H,27,30)/t21-/m1/s1. The average molecular weight is 481 g/mol. The van der Waals surface area contributed by atoms with Gasteiger partial charge in [0.15, 0.2) is 0 Å². The topological polar surface area (TPSA) is 49.4 Å². The van der Waals surface area contributed by atoms with Gasteiger partial charge in [-0.2, -0.15) is 0 Å². The molecule has 0 fully saturated rings. The highest BCUT2D eigenvalue weighted by molar-refractivity contribution is 7.99. The Balaban J connectivity index is 2.16. The van der Waals surface area contributed by atoms with Crippen LogP contribution in [0.3, 0.4) is 0 Å². The van der Waals surface area contributed by atoms with Crippen molar-refractivity contribution < 1.29 is 9.59 Å². The second-order valence-corrected chi connectivity index (χ2v) is 10.2. The summed E-state index contributed by atoms with van der Waals surface area (Å²) in [7, 11) is 0. The second-order valence-electron chi connectivity index (χ2n) is 8.36. The molecule has 0 unspecified atom stereocenters. The average Bonchev–Trinajstić information content (AvgIpc) is 2.69. The molecule has 7 heteroatoms. The van der Waals surface area contributed by atoms with Gasteiger partial charge in [-0.25, -0.2) is 0 Å². The van der Waals surface area contributed by atoms with Gasteiger partial charge in [0.05, 0.1) is 5.75 Å². The molecule has 1 atom stereocenters. The molecule has 31 heavy (non-hydrogen) atoms. The number of carbonyl (C=O) groups excluding carboxylic acids is 2. The zero-order valence-corrected chi connectivity index (χ0v) is 20.8. The maximum Gasteiger partial charge on any atom is 0.243 e. The Labute approximate surface area is 199 Å². The van der Waals surface area contributed by atoms with Crippen LogP contribution < -0.4 is 5.32 Å². The van der Waals surface area contributed by atoms with Crippen molar-refractivity contribution in [1.82, 2.24) is 10.2 Å². The number of hydrogen-bond acceptors (Lipinski definition) is 3. The fourth-order valence-corrected chi connectivity index (χ4v) is 4.79. The highest BCUT2D eigenvalue weighted by Crippen LogP contribution is 2.28. The van der Waals surface area contributed by atoms with E-state index in [1.54, 1.807) is 23.1 Å². The zero-order chi connectivity index (χ0) is 23.0. The summed E-state index contributed by atoms with van der Waals surface area (Å²) in [5.41, 5.74) is 1.43. The van der Waals surface area contributed by atoms with E-state index in [-0.39, 0.29) is 23.1 Å². The molecule has 0 saturated carbocycles. The van der Waals surface area contributed by atoms with Crippen LogP contribution in [0.2, 0.25) is 10.0 Å². The van der Waals surface area contributed by atoms with Crippen molar-refractivity contribution in [3.63, 3.8) is 0 Å². The number of carbonyl (C=O) groups is 2. The number of nitrogens with zero attached hydrogens (tertiary/aromatic N) is 1. The van der Waals surface area contributed by atoms with Gasteiger partial charge in [-0.1, -0.05) is 66.5 Å². The summed E-state index contributed by atoms with van der Waals surface area (Å²) in [6, 6.07) is 14.6. The molecule has 0 bridgehead atoms. The summed E-state index contributed by atoms with van der Waals surface area (Å²) >= 11 is 13.9. The maximum atomic E-state index is 13.2. The molecule has 168 valence electrons. The van der Waals surface area contributed by atoms with Crippen LogP contribution >= 0.6 is 35.0 Å². The van der Waals surface area contributed by atoms with Gasteiger partial charge in [0, 0.05) is 27.9 Å². The van der Waals surface area contributed by atoms with Crippen molar-refractivity contribution in [2.75, 3.05) is 5.75 Å². The van der Waals surface area contributed by atoms with Crippen LogP contribution in [0.4, 0.5) is 0 Å². The van der Waals surface area contributed by atoms with Gasteiger partial charge < -0.3 is 10.2 Å². The fourth-order valence-electron chi connectivity index (χ4n) is 3.15. The molecule has 2 aromatic rings. The normalized spacial score (nSPS) is 12.3. The largest absolute Gasteiger partial charge is 0.350 e. The summed E-state index contributed by atoms with van der Waals surface area (Å²) in [5.74, 6) is 0.522. The van der Waals surface area contributed by atoms with Crippen molar-refractivity contribution in [3.05, 3.63) is 69.7 Å². The number of rotatable bonds is 9. The molecule has 1 N–H and O–H groups in total. The smallest absolute Gasteiger partial charge is 0.243 e. The van der Waals surface area contributed by atoms with Crippen molar-refractivity contribution in [3.8, 4) is 0 Å². The van der Waals surface area contributed by atoms with Crippen LogP contribution in [-0.2, 0) is 21.9 Å². The van der Waals surface area contributed by atoms with E-state index < -0.39 is 6.04 Å². The van der Waals surface area contributed by atoms with E-state index in [1.807, 2.05) is 58.0 Å². The third-order valence-corrected chi connectivity index (χ3v) is 6.27. The van der Waals surface area contributed by atoms with Crippen LogP contribution in [0, 0.1) is 0 Å². The number of halogens is 2. The van der Waals surface area contributed by atoms with Crippen molar-refractivity contribution in [1.29, 1.82) is 0 Å². The first kappa shape index (κ1) is 25.6. The van der Waals surface area contributed by atoms with Crippen LogP contribution in [0.15, 0.2) is 48.5 Å². The van der Waals surface area contributed by atoms with Crippen molar-refractivity contribution >= 4 is 46.8 Å². The minimum absolute atomic E-state index is 0.0899. The molecule has 0 spiro atoms. The lowest BCUT2D eigenvalue weighted by Crippen LogP contribution is -2.53. The molecule has 2 rings (SSSR count). The Hall–Kier alpha value is -1.69. The Morgan fingerprint density at radius 3 is 2.19 bits per heavy atom. The fraction of sp³-hybridized carbons (Fsp3) is 0.417. The third-order valence-electron chi connectivity index (χ3n) is 4.61. The molecule has 4 nitrogen and oxygen atoms in total. The molecule has 0 radical (unpaired) electrons. The van der Waals surface area contributed by atoms with Gasteiger partial charge in [0.1, 0.15) is 6.04 Å². The van der Waals surface area contributed by atoms with Crippen LogP contribution in [-0.4, -0.2) is 34.0 Å². The Morgan fingerprint density at radius 2 is 1.65 bits per heavy atom. The quantitative estimate of drug-likeness (QED) is 0.482. The van der Waals surface area contributed by atoms with Crippen molar-refractivity contribution in [2.45, 2.75) is 58.0 Å². The Morgan fingerprint density at radius 1 is 1.03 bits per heavy atom. The lowest BCUT2D eigenvalue weighted by molar-refractivity contribution is -0.140. The van der Waals surface area contributed by atoms with Crippen LogP contribution in [0.1, 0.15) is 45.2 Å². The van der Waals surface area contributed by atoms with Crippen LogP contribution in [0.25, 0.3) is 0 Å². The minimum atomic E-state index is -0.545. The van der Waals surface area contributed by atoms with Gasteiger partial charge in [-0.05, 0) is 50.5 Å². The summed E-state index contributed by atoms with van der Waals surface area (Å²) in [4.78, 5) is 27.9. The number of amides is 2. The summed E-state index contributed by atoms with van der Waals surface area (Å²) < 4.78 is 0. The van der Waals surface area contributed by atoms with Crippen molar-refractivity contribution in [2.24, 2.45) is 0 Å². The lowest BCUT2D eigenvalue weighted by atomic mass is 10.1. The lowest BCUT2D eigenvalue weighted by Gasteiger charge is -2.33. The Kier molecular flexibility index (Phi) is 9.73. The summed E-state index contributed by atoms with van der Waals surface area (Å²) in [6.45, 7) is 8.11. The highest BCUT2D eigenvalue weighted by Gasteiger charge is 2.30. The molecule has 0 heterocycles. The predicted octanol–water partition coefficient (Wildman–Crippen LogP) is 5.95. The maximum absolute atomic E-state index is 13.2. The van der Waals surface area contributed by atoms with Crippen LogP contribution in [0.5, 0.6) is 0 Å². The first-order valence-electron chi connectivity index (χ1n) is 10.3. The Bertz CT molecular complexity index is 865. The van der Waals surface area contributed by atoms with E-state index in [4.69, 9.17) is 23.2 Å². The third kappa shape index (κ3) is 8.06. The van der Waals surface area contributed by atoms with E-state index in [1.165, 1.54) is 11.8 Å². The first-order chi connectivity index (χ1) is 14.6.